The molecule has 0 saturated carbocycles. The fourth-order valence-corrected chi connectivity index (χ4v) is 5.85. The molecule has 1 unspecified atom stereocenters. The van der Waals surface area contributed by atoms with E-state index in [1.54, 1.807) is 34.3 Å². The average molecular weight is 422 g/mol. The number of nitrogens with zero attached hydrogens (tertiary/aromatic N) is 2. The third-order valence-electron chi connectivity index (χ3n) is 5.84. The summed E-state index contributed by atoms with van der Waals surface area (Å²) in [5.41, 5.74) is 1.15. The lowest BCUT2D eigenvalue weighted by atomic mass is 9.96. The van der Waals surface area contributed by atoms with Gasteiger partial charge in [-0.2, -0.15) is 4.31 Å². The molecule has 0 spiro atoms. The Balaban J connectivity index is 1.74. The summed E-state index contributed by atoms with van der Waals surface area (Å²) in [6.45, 7) is 5.80. The number of hydrogen-bond donors (Lipinski definition) is 1. The van der Waals surface area contributed by atoms with Crippen molar-refractivity contribution in [3.8, 4) is 0 Å². The molecule has 160 valence electrons. The molecule has 29 heavy (non-hydrogen) atoms. The van der Waals surface area contributed by atoms with Crippen molar-refractivity contribution in [1.29, 1.82) is 0 Å². The number of carbonyl (C=O) groups is 2. The molecule has 0 aromatic heterocycles. The van der Waals surface area contributed by atoms with Crippen LogP contribution in [-0.2, 0) is 19.6 Å². The highest BCUT2D eigenvalue weighted by atomic mass is 32.2. The van der Waals surface area contributed by atoms with Crippen LogP contribution in [0.1, 0.15) is 51.0 Å². The summed E-state index contributed by atoms with van der Waals surface area (Å²) in [6.07, 6.45) is 4.77. The quantitative estimate of drug-likeness (QED) is 0.792. The highest BCUT2D eigenvalue weighted by Gasteiger charge is 2.30. The van der Waals surface area contributed by atoms with E-state index in [4.69, 9.17) is 0 Å². The zero-order valence-corrected chi connectivity index (χ0v) is 18.1. The number of hydrogen-bond acceptors (Lipinski definition) is 4. The van der Waals surface area contributed by atoms with Crippen molar-refractivity contribution in [2.75, 3.05) is 31.5 Å². The van der Waals surface area contributed by atoms with Gasteiger partial charge in [0.2, 0.25) is 21.8 Å². The van der Waals surface area contributed by atoms with Crippen LogP contribution in [0.4, 0.5) is 5.69 Å². The van der Waals surface area contributed by atoms with Gasteiger partial charge in [-0.1, -0.05) is 19.4 Å². The van der Waals surface area contributed by atoms with Crippen LogP contribution < -0.4 is 5.32 Å². The van der Waals surface area contributed by atoms with Crippen LogP contribution in [0.25, 0.3) is 0 Å². The maximum absolute atomic E-state index is 13.1. The van der Waals surface area contributed by atoms with Crippen molar-refractivity contribution in [3.05, 3.63) is 23.8 Å². The summed E-state index contributed by atoms with van der Waals surface area (Å²) in [6, 6.07) is 5.04. The van der Waals surface area contributed by atoms with E-state index >= 15 is 0 Å². The molecule has 2 amide bonds. The number of aryl methyl sites for hydroxylation is 1. The molecule has 2 heterocycles. The molecule has 2 fully saturated rings. The lowest BCUT2D eigenvalue weighted by Gasteiger charge is -2.32. The molecule has 8 heteroatoms. The van der Waals surface area contributed by atoms with E-state index in [1.165, 1.54) is 0 Å². The second-order valence-corrected chi connectivity index (χ2v) is 9.87. The molecule has 7 nitrogen and oxygen atoms in total. The molecule has 2 aliphatic heterocycles. The number of piperidine rings is 2. The highest BCUT2D eigenvalue weighted by molar-refractivity contribution is 7.89. The lowest BCUT2D eigenvalue weighted by molar-refractivity contribution is -0.134. The SMILES string of the molecule is CCC(=O)N1CCCC(C(=O)Nc2ccc(C)c(S(=O)(=O)N3CCCCC3)c2)C1. The minimum atomic E-state index is -3.57. The molecule has 3 rings (SSSR count). The van der Waals surface area contributed by atoms with E-state index in [9.17, 15) is 18.0 Å². The predicted octanol–water partition coefficient (Wildman–Crippen LogP) is 2.76. The smallest absolute Gasteiger partial charge is 0.243 e. The van der Waals surface area contributed by atoms with Gasteiger partial charge in [0, 0.05) is 38.3 Å². The number of nitrogens with one attached hydrogen (secondary N) is 1. The predicted molar refractivity (Wildman–Crippen MR) is 112 cm³/mol. The highest BCUT2D eigenvalue weighted by Crippen LogP contribution is 2.27. The molecular formula is C21H31N3O4S. The Morgan fingerprint density at radius 3 is 2.52 bits per heavy atom. The second-order valence-electron chi connectivity index (χ2n) is 7.97. The van der Waals surface area contributed by atoms with Crippen LogP contribution in [0.15, 0.2) is 23.1 Å². The van der Waals surface area contributed by atoms with Gasteiger partial charge in [0.1, 0.15) is 0 Å². The Kier molecular flexibility index (Phi) is 6.95. The van der Waals surface area contributed by atoms with Gasteiger partial charge < -0.3 is 10.2 Å². The lowest BCUT2D eigenvalue weighted by Crippen LogP contribution is -2.43. The van der Waals surface area contributed by atoms with Gasteiger partial charge in [-0.05, 0) is 50.3 Å². The Morgan fingerprint density at radius 2 is 1.83 bits per heavy atom. The van der Waals surface area contributed by atoms with Gasteiger partial charge in [-0.25, -0.2) is 8.42 Å². The Hall–Kier alpha value is -1.93. The number of amides is 2. The first-order chi connectivity index (χ1) is 13.8. The van der Waals surface area contributed by atoms with Crippen LogP contribution in [0.2, 0.25) is 0 Å². The number of sulfonamides is 1. The first-order valence-corrected chi connectivity index (χ1v) is 12.0. The minimum absolute atomic E-state index is 0.0627. The number of likely N-dealkylation sites (tertiary alicyclic amines) is 1. The molecule has 2 aliphatic rings. The summed E-state index contributed by atoms with van der Waals surface area (Å²) >= 11 is 0. The van der Waals surface area contributed by atoms with Gasteiger partial charge >= 0.3 is 0 Å². The summed E-state index contributed by atoms with van der Waals surface area (Å²) in [5.74, 6) is -0.376. The second kappa shape index (κ2) is 9.26. The molecule has 0 radical (unpaired) electrons. The molecule has 1 aromatic carbocycles. The van der Waals surface area contributed by atoms with Crippen molar-refractivity contribution < 1.29 is 18.0 Å². The number of benzene rings is 1. The average Bonchev–Trinajstić information content (AvgIpc) is 2.75. The normalized spacial score (nSPS) is 21.0. The summed E-state index contributed by atoms with van der Waals surface area (Å²) in [4.78, 5) is 26.7. The molecule has 1 atom stereocenters. The third kappa shape index (κ3) is 4.98. The van der Waals surface area contributed by atoms with E-state index < -0.39 is 10.0 Å². The maximum Gasteiger partial charge on any atom is 0.243 e. The molecule has 1 N–H and O–H groups in total. The molecule has 2 saturated heterocycles. The van der Waals surface area contributed by atoms with Crippen molar-refractivity contribution >= 4 is 27.5 Å². The standard InChI is InChI=1S/C21H31N3O4S/c1-3-20(25)23-11-7-8-17(15-23)21(26)22-18-10-9-16(2)19(14-18)29(27,28)24-12-5-4-6-13-24/h9-10,14,17H,3-8,11-13,15H2,1-2H3,(H,22,26). The summed E-state index contributed by atoms with van der Waals surface area (Å²) in [7, 11) is -3.57. The number of carbonyl (C=O) groups excluding carboxylic acids is 2. The summed E-state index contributed by atoms with van der Waals surface area (Å²) < 4.78 is 27.7. The van der Waals surface area contributed by atoms with E-state index in [0.29, 0.717) is 43.9 Å². The number of rotatable bonds is 5. The first kappa shape index (κ1) is 21.8. The monoisotopic (exact) mass is 421 g/mol. The molecular weight excluding hydrogens is 390 g/mol. The van der Waals surface area contributed by atoms with Crippen molar-refractivity contribution in [1.82, 2.24) is 9.21 Å². The largest absolute Gasteiger partial charge is 0.342 e. The molecule has 1 aromatic rings. The van der Waals surface area contributed by atoms with Gasteiger partial charge in [0.25, 0.3) is 0 Å². The minimum Gasteiger partial charge on any atom is -0.342 e. The Labute approximate surface area is 173 Å². The van der Waals surface area contributed by atoms with Crippen LogP contribution in [0.3, 0.4) is 0 Å². The van der Waals surface area contributed by atoms with Gasteiger partial charge in [0.15, 0.2) is 0 Å². The van der Waals surface area contributed by atoms with Crippen LogP contribution >= 0.6 is 0 Å². The van der Waals surface area contributed by atoms with Crippen molar-refractivity contribution in [2.45, 2.75) is 57.3 Å². The molecule has 0 bridgehead atoms. The van der Waals surface area contributed by atoms with Crippen molar-refractivity contribution in [3.63, 3.8) is 0 Å². The Bertz CT molecular complexity index is 863. The van der Waals surface area contributed by atoms with Gasteiger partial charge in [0.05, 0.1) is 10.8 Å². The van der Waals surface area contributed by atoms with Crippen LogP contribution in [0, 0.1) is 12.8 Å². The third-order valence-corrected chi connectivity index (χ3v) is 7.88. The summed E-state index contributed by atoms with van der Waals surface area (Å²) in [5, 5.41) is 2.87. The number of anilines is 1. The van der Waals surface area contributed by atoms with E-state index in [0.717, 1.165) is 32.1 Å². The van der Waals surface area contributed by atoms with E-state index in [2.05, 4.69) is 5.32 Å². The Morgan fingerprint density at radius 1 is 1.10 bits per heavy atom. The van der Waals surface area contributed by atoms with Crippen LogP contribution in [-0.4, -0.2) is 55.6 Å². The zero-order chi connectivity index (χ0) is 21.0. The fraction of sp³-hybridized carbons (Fsp3) is 0.619. The van der Waals surface area contributed by atoms with Crippen LogP contribution in [0.5, 0.6) is 0 Å². The van der Waals surface area contributed by atoms with Gasteiger partial charge in [-0.15, -0.1) is 0 Å². The topological polar surface area (TPSA) is 86.8 Å². The fourth-order valence-electron chi connectivity index (χ4n) is 4.09. The molecule has 0 aliphatic carbocycles. The van der Waals surface area contributed by atoms with Crippen molar-refractivity contribution in [2.24, 2.45) is 5.92 Å². The van der Waals surface area contributed by atoms with E-state index in [1.807, 2.05) is 6.92 Å². The first-order valence-electron chi connectivity index (χ1n) is 10.5. The van der Waals surface area contributed by atoms with Gasteiger partial charge in [-0.3, -0.25) is 9.59 Å². The zero-order valence-electron chi connectivity index (χ0n) is 17.3. The van der Waals surface area contributed by atoms with E-state index in [-0.39, 0.29) is 22.6 Å². The maximum atomic E-state index is 13.1.